The monoisotopic (exact) mass is 182 g/mol. The summed E-state index contributed by atoms with van der Waals surface area (Å²) in [6.07, 6.45) is 3.38. The van der Waals surface area contributed by atoms with Gasteiger partial charge < -0.3 is 11.1 Å². The highest BCUT2D eigenvalue weighted by Crippen LogP contribution is 2.19. The molecule has 1 aromatic heterocycles. The predicted octanol–water partition coefficient (Wildman–Crippen LogP) is -0.498. The van der Waals surface area contributed by atoms with Gasteiger partial charge in [-0.2, -0.15) is 0 Å². The molecule has 0 bridgehead atoms. The predicted molar refractivity (Wildman–Crippen MR) is 48.0 cm³/mol. The van der Waals surface area contributed by atoms with Crippen molar-refractivity contribution in [2.24, 2.45) is 12.8 Å². The molecule has 0 saturated heterocycles. The van der Waals surface area contributed by atoms with Crippen molar-refractivity contribution < 1.29 is 0 Å². The first-order valence-electron chi connectivity index (χ1n) is 4.52. The first kappa shape index (κ1) is 8.43. The summed E-state index contributed by atoms with van der Waals surface area (Å²) in [5.41, 5.74) is 5.91. The van der Waals surface area contributed by atoms with Crippen molar-refractivity contribution in [2.45, 2.75) is 31.3 Å². The molecule has 2 rings (SSSR count). The number of nitrogens with one attached hydrogen (secondary N) is 1. The first-order chi connectivity index (χ1) is 6.27. The number of nitrogens with two attached hydrogens (primary N) is 1. The molecular weight excluding hydrogens is 168 g/mol. The molecule has 0 aromatic carbocycles. The average molecular weight is 182 g/mol. The third kappa shape index (κ3) is 1.62. The van der Waals surface area contributed by atoms with Crippen LogP contribution in [0.25, 0.3) is 0 Å². The summed E-state index contributed by atoms with van der Waals surface area (Å²) in [7, 11) is 1.81. The number of hydrogen-bond acceptors (Lipinski definition) is 5. The Hall–Kier alpha value is -1.17. The van der Waals surface area contributed by atoms with Crippen LogP contribution in [0.5, 0.6) is 0 Å². The molecule has 2 unspecified atom stereocenters. The summed E-state index contributed by atoms with van der Waals surface area (Å²) in [5, 5.41) is 14.4. The molecule has 6 heteroatoms. The fraction of sp³-hybridized carbons (Fsp3) is 0.857. The van der Waals surface area contributed by atoms with Crippen molar-refractivity contribution in [1.82, 2.24) is 20.2 Å². The Kier molecular flexibility index (Phi) is 2.13. The lowest BCUT2D eigenvalue weighted by molar-refractivity contribution is 0.623. The number of rotatable bonds is 2. The van der Waals surface area contributed by atoms with E-state index in [2.05, 4.69) is 20.8 Å². The fourth-order valence-corrected chi connectivity index (χ4v) is 1.69. The van der Waals surface area contributed by atoms with Crippen LogP contribution in [0.1, 0.15) is 19.3 Å². The molecule has 1 saturated carbocycles. The first-order valence-corrected chi connectivity index (χ1v) is 4.52. The Bertz CT molecular complexity index is 282. The van der Waals surface area contributed by atoms with Gasteiger partial charge in [-0.25, -0.2) is 4.68 Å². The fourth-order valence-electron chi connectivity index (χ4n) is 1.69. The molecule has 0 spiro atoms. The summed E-state index contributed by atoms with van der Waals surface area (Å²) < 4.78 is 1.62. The standard InChI is InChI=1S/C7H14N6/c1-13-7(10-11-12-13)9-6-4-2-3-5(6)8/h5-6H,2-4,8H2,1H3,(H,9,10,12). The maximum Gasteiger partial charge on any atom is 0.242 e. The summed E-state index contributed by atoms with van der Waals surface area (Å²) >= 11 is 0. The Morgan fingerprint density at radius 1 is 1.54 bits per heavy atom. The second-order valence-electron chi connectivity index (χ2n) is 3.47. The minimum Gasteiger partial charge on any atom is -0.349 e. The van der Waals surface area contributed by atoms with Gasteiger partial charge in [0, 0.05) is 19.1 Å². The van der Waals surface area contributed by atoms with Crippen LogP contribution in [0, 0.1) is 0 Å². The maximum absolute atomic E-state index is 5.91. The number of aryl methyl sites for hydroxylation is 1. The molecule has 3 N–H and O–H groups in total. The second kappa shape index (κ2) is 3.29. The van der Waals surface area contributed by atoms with E-state index in [4.69, 9.17) is 5.73 Å². The molecule has 72 valence electrons. The van der Waals surface area contributed by atoms with Gasteiger partial charge in [-0.3, -0.25) is 0 Å². The van der Waals surface area contributed by atoms with Gasteiger partial charge in [-0.15, -0.1) is 0 Å². The molecule has 1 fully saturated rings. The van der Waals surface area contributed by atoms with Gasteiger partial charge in [0.15, 0.2) is 0 Å². The maximum atomic E-state index is 5.91. The topological polar surface area (TPSA) is 81.7 Å². The van der Waals surface area contributed by atoms with E-state index in [-0.39, 0.29) is 6.04 Å². The lowest BCUT2D eigenvalue weighted by Crippen LogP contribution is -2.36. The van der Waals surface area contributed by atoms with Crippen LogP contribution in [0.2, 0.25) is 0 Å². The highest BCUT2D eigenvalue weighted by Gasteiger charge is 2.24. The largest absolute Gasteiger partial charge is 0.349 e. The van der Waals surface area contributed by atoms with Crippen LogP contribution in [0.4, 0.5) is 5.95 Å². The van der Waals surface area contributed by atoms with Crippen LogP contribution in [0.3, 0.4) is 0 Å². The van der Waals surface area contributed by atoms with Crippen molar-refractivity contribution >= 4 is 5.95 Å². The molecule has 1 aromatic rings. The lowest BCUT2D eigenvalue weighted by atomic mass is 10.2. The summed E-state index contributed by atoms with van der Waals surface area (Å²) in [5.74, 6) is 0.697. The summed E-state index contributed by atoms with van der Waals surface area (Å²) in [6, 6.07) is 0.557. The highest BCUT2D eigenvalue weighted by molar-refractivity contribution is 5.24. The smallest absolute Gasteiger partial charge is 0.242 e. The summed E-state index contributed by atoms with van der Waals surface area (Å²) in [6.45, 7) is 0. The quantitative estimate of drug-likeness (QED) is 0.644. The average Bonchev–Trinajstić information content (AvgIpc) is 2.65. The van der Waals surface area contributed by atoms with Crippen LogP contribution in [0.15, 0.2) is 0 Å². The van der Waals surface area contributed by atoms with Gasteiger partial charge in [-0.1, -0.05) is 5.10 Å². The van der Waals surface area contributed by atoms with Crippen molar-refractivity contribution in [3.05, 3.63) is 0 Å². The number of tetrazole rings is 1. The summed E-state index contributed by atoms with van der Waals surface area (Å²) in [4.78, 5) is 0. The Morgan fingerprint density at radius 3 is 2.92 bits per heavy atom. The molecule has 6 nitrogen and oxygen atoms in total. The van der Waals surface area contributed by atoms with E-state index in [1.807, 2.05) is 7.05 Å². The molecular formula is C7H14N6. The van der Waals surface area contributed by atoms with Gasteiger partial charge in [0.05, 0.1) is 0 Å². The number of aromatic nitrogens is 4. The zero-order chi connectivity index (χ0) is 9.26. The van der Waals surface area contributed by atoms with Gasteiger partial charge in [0.1, 0.15) is 0 Å². The Morgan fingerprint density at radius 2 is 2.38 bits per heavy atom. The van der Waals surface area contributed by atoms with Crippen molar-refractivity contribution in [2.75, 3.05) is 5.32 Å². The number of anilines is 1. The zero-order valence-electron chi connectivity index (χ0n) is 7.64. The third-order valence-corrected chi connectivity index (χ3v) is 2.50. The number of nitrogens with zero attached hydrogens (tertiary/aromatic N) is 4. The van der Waals surface area contributed by atoms with E-state index in [9.17, 15) is 0 Å². The van der Waals surface area contributed by atoms with E-state index < -0.39 is 0 Å². The molecule has 2 atom stereocenters. The third-order valence-electron chi connectivity index (χ3n) is 2.50. The Labute approximate surface area is 76.5 Å². The van der Waals surface area contributed by atoms with Gasteiger partial charge in [0.25, 0.3) is 0 Å². The van der Waals surface area contributed by atoms with E-state index in [1.165, 1.54) is 6.42 Å². The molecule has 1 aliphatic carbocycles. The molecule has 0 radical (unpaired) electrons. The zero-order valence-corrected chi connectivity index (χ0v) is 7.64. The SMILES string of the molecule is Cn1nnnc1NC1CCCC1N. The molecule has 0 aliphatic heterocycles. The van der Waals surface area contributed by atoms with E-state index in [1.54, 1.807) is 4.68 Å². The van der Waals surface area contributed by atoms with Crippen LogP contribution >= 0.6 is 0 Å². The lowest BCUT2D eigenvalue weighted by Gasteiger charge is -2.16. The van der Waals surface area contributed by atoms with Crippen LogP contribution in [-0.4, -0.2) is 32.3 Å². The normalized spacial score (nSPS) is 27.8. The molecule has 1 aliphatic rings. The van der Waals surface area contributed by atoms with Crippen molar-refractivity contribution in [1.29, 1.82) is 0 Å². The van der Waals surface area contributed by atoms with Gasteiger partial charge >= 0.3 is 0 Å². The van der Waals surface area contributed by atoms with E-state index >= 15 is 0 Å². The van der Waals surface area contributed by atoms with E-state index in [0.717, 1.165) is 12.8 Å². The minimum atomic E-state index is 0.233. The molecule has 13 heavy (non-hydrogen) atoms. The van der Waals surface area contributed by atoms with Crippen LogP contribution in [-0.2, 0) is 7.05 Å². The van der Waals surface area contributed by atoms with Gasteiger partial charge in [0.2, 0.25) is 5.95 Å². The molecule has 1 heterocycles. The van der Waals surface area contributed by atoms with Crippen molar-refractivity contribution in [3.8, 4) is 0 Å². The Balaban J connectivity index is 2.01. The minimum absolute atomic E-state index is 0.233. The molecule has 0 amide bonds. The second-order valence-corrected chi connectivity index (χ2v) is 3.47. The van der Waals surface area contributed by atoms with Crippen molar-refractivity contribution in [3.63, 3.8) is 0 Å². The number of hydrogen-bond donors (Lipinski definition) is 2. The van der Waals surface area contributed by atoms with E-state index in [0.29, 0.717) is 12.0 Å². The van der Waals surface area contributed by atoms with Crippen LogP contribution < -0.4 is 11.1 Å². The highest BCUT2D eigenvalue weighted by atomic mass is 15.6. The van der Waals surface area contributed by atoms with Gasteiger partial charge in [-0.05, 0) is 29.7 Å².